The summed E-state index contributed by atoms with van der Waals surface area (Å²) in [4.78, 5) is 15.4. The Kier molecular flexibility index (Phi) is 7.65. The number of hydrogen-bond donors (Lipinski definition) is 0. The number of carbonyl (C=O) groups is 1. The minimum Gasteiger partial charge on any atom is -1.00 e. The standard InChI is InChI=1S/C21H27NO.ClH/c1-5-20(23)21(16-17(2)22(3)4,18-12-8-6-9-13-18)19-14-10-7-11-15-19;/h6-15,17H,5,16H2,1-4H3;1H/p-1. The number of hydrogen-bond acceptors (Lipinski definition) is 2. The van der Waals surface area contributed by atoms with Crippen molar-refractivity contribution in [3.63, 3.8) is 0 Å². The molecule has 0 radical (unpaired) electrons. The van der Waals surface area contributed by atoms with E-state index < -0.39 is 5.41 Å². The van der Waals surface area contributed by atoms with Gasteiger partial charge in [0.2, 0.25) is 0 Å². The van der Waals surface area contributed by atoms with Crippen LogP contribution < -0.4 is 12.4 Å². The van der Waals surface area contributed by atoms with E-state index in [0.717, 1.165) is 17.5 Å². The third-order valence-electron chi connectivity index (χ3n) is 4.81. The van der Waals surface area contributed by atoms with Crippen LogP contribution >= 0.6 is 0 Å². The zero-order valence-corrected chi connectivity index (χ0v) is 15.8. The maximum Gasteiger partial charge on any atom is 0.147 e. The quantitative estimate of drug-likeness (QED) is 0.754. The van der Waals surface area contributed by atoms with E-state index in [4.69, 9.17) is 0 Å². The van der Waals surface area contributed by atoms with Crippen molar-refractivity contribution in [1.29, 1.82) is 0 Å². The molecule has 0 bridgehead atoms. The fourth-order valence-electron chi connectivity index (χ4n) is 3.21. The third kappa shape index (κ3) is 4.06. The van der Waals surface area contributed by atoms with Crippen LogP contribution in [0.2, 0.25) is 0 Å². The predicted molar refractivity (Wildman–Crippen MR) is 96.7 cm³/mol. The molecule has 0 amide bonds. The molecular weight excluding hydrogens is 318 g/mol. The van der Waals surface area contributed by atoms with E-state index in [1.165, 1.54) is 0 Å². The number of carbonyl (C=O) groups excluding carboxylic acids is 1. The van der Waals surface area contributed by atoms with Crippen molar-refractivity contribution in [1.82, 2.24) is 4.90 Å². The fraction of sp³-hybridized carbons (Fsp3) is 0.381. The van der Waals surface area contributed by atoms with Gasteiger partial charge in [0, 0.05) is 12.5 Å². The maximum absolute atomic E-state index is 13.2. The lowest BCUT2D eigenvalue weighted by Crippen LogP contribution is -3.00. The highest BCUT2D eigenvalue weighted by molar-refractivity contribution is 5.93. The van der Waals surface area contributed by atoms with Crippen molar-refractivity contribution in [2.45, 2.75) is 38.1 Å². The summed E-state index contributed by atoms with van der Waals surface area (Å²) in [7, 11) is 4.14. The van der Waals surface area contributed by atoms with Crippen molar-refractivity contribution in [2.24, 2.45) is 0 Å². The first-order valence-corrected chi connectivity index (χ1v) is 8.33. The second-order valence-corrected chi connectivity index (χ2v) is 6.43. The number of Topliss-reactive ketones (excluding diaryl/α,β-unsaturated/α-hetero) is 1. The summed E-state index contributed by atoms with van der Waals surface area (Å²) < 4.78 is 0. The van der Waals surface area contributed by atoms with Gasteiger partial charge in [0.1, 0.15) is 5.78 Å². The van der Waals surface area contributed by atoms with Gasteiger partial charge in [-0.15, -0.1) is 0 Å². The fourth-order valence-corrected chi connectivity index (χ4v) is 3.21. The molecule has 0 saturated heterocycles. The lowest BCUT2D eigenvalue weighted by Gasteiger charge is -2.37. The van der Waals surface area contributed by atoms with E-state index in [9.17, 15) is 4.79 Å². The number of benzene rings is 2. The maximum atomic E-state index is 13.2. The monoisotopic (exact) mass is 344 g/mol. The second kappa shape index (κ2) is 9.00. The number of nitrogens with zero attached hydrogens (tertiary/aromatic N) is 1. The highest BCUT2D eigenvalue weighted by Gasteiger charge is 2.41. The van der Waals surface area contributed by atoms with Gasteiger partial charge in [0.15, 0.2) is 0 Å². The molecule has 0 aromatic heterocycles. The molecule has 2 nitrogen and oxygen atoms in total. The Hall–Kier alpha value is -1.64. The Labute approximate surface area is 152 Å². The number of ketones is 1. The van der Waals surface area contributed by atoms with Crippen LogP contribution in [0.1, 0.15) is 37.8 Å². The summed E-state index contributed by atoms with van der Waals surface area (Å²) in [6.45, 7) is 4.15. The molecule has 0 saturated carbocycles. The molecule has 1 atom stereocenters. The SMILES string of the molecule is CCC(=O)C(CC(C)N(C)C)(c1ccccc1)c1ccccc1.[Cl-]. The van der Waals surface area contributed by atoms with Crippen molar-refractivity contribution in [3.8, 4) is 0 Å². The average molecular weight is 345 g/mol. The van der Waals surface area contributed by atoms with Crippen LogP contribution in [-0.4, -0.2) is 30.8 Å². The summed E-state index contributed by atoms with van der Waals surface area (Å²) in [5.74, 6) is 0.281. The molecule has 0 aliphatic carbocycles. The topological polar surface area (TPSA) is 20.3 Å². The molecule has 2 rings (SSSR count). The molecule has 24 heavy (non-hydrogen) atoms. The zero-order chi connectivity index (χ0) is 16.9. The van der Waals surface area contributed by atoms with Gasteiger partial charge in [-0.05, 0) is 38.6 Å². The molecule has 0 aliphatic rings. The van der Waals surface area contributed by atoms with Gasteiger partial charge in [-0.1, -0.05) is 67.6 Å². The van der Waals surface area contributed by atoms with Crippen molar-refractivity contribution in [3.05, 3.63) is 71.8 Å². The molecule has 0 heterocycles. The van der Waals surface area contributed by atoms with Crippen LogP contribution in [0, 0.1) is 0 Å². The lowest BCUT2D eigenvalue weighted by atomic mass is 9.67. The molecule has 2 aromatic carbocycles. The molecule has 0 aliphatic heterocycles. The van der Waals surface area contributed by atoms with Gasteiger partial charge in [0.25, 0.3) is 0 Å². The summed E-state index contributed by atoms with van der Waals surface area (Å²) in [6.07, 6.45) is 1.31. The summed E-state index contributed by atoms with van der Waals surface area (Å²) >= 11 is 0. The van der Waals surface area contributed by atoms with E-state index in [1.807, 2.05) is 43.3 Å². The molecule has 2 aromatic rings. The highest BCUT2D eigenvalue weighted by atomic mass is 35.5. The van der Waals surface area contributed by atoms with Gasteiger partial charge in [-0.3, -0.25) is 4.79 Å². The Balaban J connectivity index is 0.00000288. The second-order valence-electron chi connectivity index (χ2n) is 6.43. The van der Waals surface area contributed by atoms with Gasteiger partial charge in [-0.2, -0.15) is 0 Å². The smallest absolute Gasteiger partial charge is 0.147 e. The van der Waals surface area contributed by atoms with Crippen LogP contribution in [0.4, 0.5) is 0 Å². The molecule has 3 heteroatoms. The molecule has 0 N–H and O–H groups in total. The third-order valence-corrected chi connectivity index (χ3v) is 4.81. The Morgan fingerprint density at radius 2 is 1.38 bits per heavy atom. The van der Waals surface area contributed by atoms with Crippen LogP contribution in [0.3, 0.4) is 0 Å². The highest BCUT2D eigenvalue weighted by Crippen LogP contribution is 2.39. The minimum atomic E-state index is -0.582. The average Bonchev–Trinajstić information content (AvgIpc) is 2.60. The van der Waals surface area contributed by atoms with E-state index >= 15 is 0 Å². The predicted octanol–water partition coefficient (Wildman–Crippen LogP) is 1.30. The van der Waals surface area contributed by atoms with Crippen molar-refractivity contribution >= 4 is 5.78 Å². The van der Waals surface area contributed by atoms with Gasteiger partial charge in [-0.25, -0.2) is 0 Å². The van der Waals surface area contributed by atoms with Gasteiger partial charge < -0.3 is 17.3 Å². The Morgan fingerprint density at radius 3 is 1.71 bits per heavy atom. The lowest BCUT2D eigenvalue weighted by molar-refractivity contribution is -0.123. The van der Waals surface area contributed by atoms with Crippen LogP contribution in [-0.2, 0) is 10.2 Å². The van der Waals surface area contributed by atoms with E-state index in [0.29, 0.717) is 12.5 Å². The van der Waals surface area contributed by atoms with Gasteiger partial charge in [0.05, 0.1) is 5.41 Å². The van der Waals surface area contributed by atoms with Crippen LogP contribution in [0.25, 0.3) is 0 Å². The summed E-state index contributed by atoms with van der Waals surface area (Å²) in [5, 5.41) is 0. The largest absolute Gasteiger partial charge is 1.00 e. The molecule has 1 unspecified atom stereocenters. The first-order chi connectivity index (χ1) is 11.0. The van der Waals surface area contributed by atoms with Crippen molar-refractivity contribution < 1.29 is 17.2 Å². The van der Waals surface area contributed by atoms with E-state index in [2.05, 4.69) is 50.2 Å². The minimum absolute atomic E-state index is 0. The normalized spacial score (nSPS) is 12.5. The zero-order valence-electron chi connectivity index (χ0n) is 15.0. The van der Waals surface area contributed by atoms with Crippen molar-refractivity contribution in [2.75, 3.05) is 14.1 Å². The van der Waals surface area contributed by atoms with Crippen LogP contribution in [0.5, 0.6) is 0 Å². The summed E-state index contributed by atoms with van der Waals surface area (Å²) in [6, 6.07) is 20.7. The molecule has 0 fully saturated rings. The molecular formula is C21H27ClNO-. The first kappa shape index (κ1) is 20.4. The molecule has 130 valence electrons. The van der Waals surface area contributed by atoms with E-state index in [-0.39, 0.29) is 18.2 Å². The van der Waals surface area contributed by atoms with E-state index in [1.54, 1.807) is 0 Å². The molecule has 0 spiro atoms. The number of halogens is 1. The first-order valence-electron chi connectivity index (χ1n) is 8.33. The van der Waals surface area contributed by atoms with Crippen LogP contribution in [0.15, 0.2) is 60.7 Å². The van der Waals surface area contributed by atoms with Gasteiger partial charge >= 0.3 is 0 Å². The number of rotatable bonds is 7. The Morgan fingerprint density at radius 1 is 0.958 bits per heavy atom. The summed E-state index contributed by atoms with van der Waals surface area (Å²) in [5.41, 5.74) is 1.60. The Bertz CT molecular complexity index is 585.